The summed E-state index contributed by atoms with van der Waals surface area (Å²) in [7, 11) is 0. The third-order valence-corrected chi connectivity index (χ3v) is 11.5. The number of aliphatic hydroxyl groups is 1. The van der Waals surface area contributed by atoms with Gasteiger partial charge in [0.2, 0.25) is 35.4 Å². The van der Waals surface area contributed by atoms with Gasteiger partial charge in [0.15, 0.2) is 11.4 Å². The summed E-state index contributed by atoms with van der Waals surface area (Å²) in [6.07, 6.45) is 3.75. The molecule has 3 atom stereocenters. The number of hydrogen-bond donors (Lipinski definition) is 11. The number of nitrogens with zero attached hydrogens (tertiary/aromatic N) is 5. The van der Waals surface area contributed by atoms with E-state index in [4.69, 9.17) is 19.0 Å². The molecule has 5 heterocycles. The van der Waals surface area contributed by atoms with Crippen LogP contribution in [0, 0.1) is 12.8 Å². The summed E-state index contributed by atoms with van der Waals surface area (Å²) < 4.78 is 16.5. The molecule has 0 saturated carbocycles. The van der Waals surface area contributed by atoms with Gasteiger partial charge in [0.25, 0.3) is 41.4 Å². The van der Waals surface area contributed by atoms with Crippen LogP contribution in [0.4, 0.5) is 0 Å². The first kappa shape index (κ1) is 61.1. The molecule has 81 heavy (non-hydrogen) atoms. The van der Waals surface area contributed by atoms with Crippen molar-refractivity contribution in [2.45, 2.75) is 59.7 Å². The second kappa shape index (κ2) is 26.5. The Kier molecular flexibility index (Phi) is 20.0. The van der Waals surface area contributed by atoms with E-state index in [-0.39, 0.29) is 69.0 Å². The molecule has 0 aliphatic carbocycles. The lowest BCUT2D eigenvalue weighted by molar-refractivity contribution is -0.129. The van der Waals surface area contributed by atoms with Gasteiger partial charge in [-0.15, -0.1) is 11.3 Å². The molecule has 0 radical (unpaired) electrons. The first-order valence-electron chi connectivity index (χ1n) is 23.4. The quantitative estimate of drug-likeness (QED) is 0.0364. The first-order valence-corrected chi connectivity index (χ1v) is 24.3. The van der Waals surface area contributed by atoms with E-state index >= 15 is 0 Å². The number of allylic oxidation sites excluding steroid dienone is 1. The maximum Gasteiger partial charge on any atom is 0.278 e. The third kappa shape index (κ3) is 15.7. The standard InChI is InChI=1S/C51H53N15O14S/c1-13-31(62-46(76)36(27(10)67)60-29(12)68)50-64-34(19-79-50)44(74)56-24(7)42(72)65-35(20(2)3)45(75)59-26(9)49-66-37(28(11)80-49)47(77)57-23(6)41(71)58-25(8)48-63-33(18-78-48)38-30(51-53-16-17-81-51)14-15-32(61-38)43(73)55-22(5)40(70)54-21(4)39(52)69/h13-20,27,35-36,67H,4-9H2,1-3,10-12H3,(H2,52,69)(H,54,70)(H,55,73)(H,56,74)(H,57,77)(H,58,71)(H,59,75)(H,60,68)(H,62,76)(H,65,72)/b31-13-/t27-,35+,36+/m1/s1. The Morgan fingerprint density at radius 1 is 0.654 bits per heavy atom. The molecule has 0 aliphatic rings. The summed E-state index contributed by atoms with van der Waals surface area (Å²) in [6, 6.07) is 0.274. The number of pyridine rings is 1. The second-order valence-corrected chi connectivity index (χ2v) is 18.1. The number of carbonyl (C=O) groups is 10. The highest BCUT2D eigenvalue weighted by Crippen LogP contribution is 2.32. The number of nitrogens with two attached hydrogens (primary N) is 1. The van der Waals surface area contributed by atoms with Gasteiger partial charge in [0, 0.05) is 24.1 Å². The summed E-state index contributed by atoms with van der Waals surface area (Å²) in [4.78, 5) is 149. The maximum absolute atomic E-state index is 13.5. The van der Waals surface area contributed by atoms with Crippen LogP contribution in [0.25, 0.3) is 39.1 Å². The number of primary amides is 1. The monoisotopic (exact) mass is 1130 g/mol. The molecular weight excluding hydrogens is 1080 g/mol. The van der Waals surface area contributed by atoms with Crippen molar-refractivity contribution < 1.29 is 66.3 Å². The number of aromatic nitrogens is 5. The summed E-state index contributed by atoms with van der Waals surface area (Å²) in [5, 5.41) is 33.2. The number of aryl methyl sites for hydroxylation is 1. The molecule has 0 fully saturated rings. The van der Waals surface area contributed by atoms with Crippen LogP contribution in [0.1, 0.15) is 89.5 Å². The predicted octanol–water partition coefficient (Wildman–Crippen LogP) is 1.07. The second-order valence-electron chi connectivity index (χ2n) is 17.2. The summed E-state index contributed by atoms with van der Waals surface area (Å²) in [6.45, 7) is 30.1. The fraction of sp³-hybridized carbons (Fsp3) is 0.196. The van der Waals surface area contributed by atoms with Crippen molar-refractivity contribution in [3.8, 4) is 22.0 Å². The van der Waals surface area contributed by atoms with Gasteiger partial charge >= 0.3 is 0 Å². The first-order chi connectivity index (χ1) is 38.1. The Bertz CT molecular complexity index is 3490. The van der Waals surface area contributed by atoms with Crippen LogP contribution in [-0.4, -0.2) is 107 Å². The largest absolute Gasteiger partial charge is 0.443 e. The SMILES string of the molecule is C=C(NC(=O)C(=C)NC(=O)c1ccc(-c2nccs2)c(-c2coc(C(=C)NC(=O)C(=C)NC(=O)c3nc(C(=C)NC(=O)[C@@H](NC(=O)C(=C)NC(=O)c4coc(/C(=C/C)NC(=O)[C@@H](NC(C)=O)[C@@H](C)O)n4)C(C)C)oc3C)n2)n1)C(N)=O. The molecule has 12 N–H and O–H groups in total. The van der Waals surface area contributed by atoms with Crippen molar-refractivity contribution in [1.29, 1.82) is 0 Å². The average Bonchev–Trinajstić information content (AvgIpc) is 4.28. The number of oxazole rings is 3. The van der Waals surface area contributed by atoms with Gasteiger partial charge in [-0.2, -0.15) is 0 Å². The van der Waals surface area contributed by atoms with E-state index in [1.54, 1.807) is 19.2 Å². The lowest BCUT2D eigenvalue weighted by Gasteiger charge is -2.22. The van der Waals surface area contributed by atoms with Crippen LogP contribution in [0.3, 0.4) is 0 Å². The van der Waals surface area contributed by atoms with Gasteiger partial charge in [0.05, 0.1) is 46.0 Å². The van der Waals surface area contributed by atoms with Crippen LogP contribution in [-0.2, 0) is 33.6 Å². The fourth-order valence-corrected chi connectivity index (χ4v) is 7.17. The zero-order valence-corrected chi connectivity index (χ0v) is 44.9. The number of hydrogen-bond acceptors (Lipinski definition) is 20. The molecule has 422 valence electrons. The molecule has 5 aromatic heterocycles. The molecule has 10 amide bonds. The van der Waals surface area contributed by atoms with Crippen molar-refractivity contribution in [1.82, 2.24) is 72.8 Å². The molecular formula is C51H53N15O14S. The van der Waals surface area contributed by atoms with E-state index in [1.807, 2.05) is 0 Å². The molecule has 0 unspecified atom stereocenters. The fourth-order valence-electron chi connectivity index (χ4n) is 6.50. The maximum atomic E-state index is 13.5. The van der Waals surface area contributed by atoms with Gasteiger partial charge in [-0.3, -0.25) is 47.9 Å². The van der Waals surface area contributed by atoms with Crippen LogP contribution in [0.2, 0.25) is 0 Å². The molecule has 0 aliphatic heterocycles. The lowest BCUT2D eigenvalue weighted by Crippen LogP contribution is -2.51. The van der Waals surface area contributed by atoms with Crippen molar-refractivity contribution in [2.24, 2.45) is 11.7 Å². The number of nitrogens with one attached hydrogen (secondary N) is 9. The van der Waals surface area contributed by atoms with E-state index in [9.17, 15) is 53.1 Å². The van der Waals surface area contributed by atoms with E-state index in [2.05, 4.69) is 112 Å². The topological polar surface area (TPSA) is 429 Å². The van der Waals surface area contributed by atoms with Gasteiger partial charge < -0.3 is 71.9 Å². The van der Waals surface area contributed by atoms with Crippen molar-refractivity contribution in [3.05, 3.63) is 145 Å². The molecule has 0 bridgehead atoms. The number of amides is 10. The van der Waals surface area contributed by atoms with E-state index in [0.717, 1.165) is 12.5 Å². The third-order valence-electron chi connectivity index (χ3n) is 10.7. The Balaban J connectivity index is 1.16. The Hall–Kier alpha value is -10.7. The summed E-state index contributed by atoms with van der Waals surface area (Å²) in [5.74, 6) is -10.3. The molecule has 30 heteroatoms. The minimum absolute atomic E-state index is 0.0151. The number of thiazole rings is 1. The molecule has 0 aromatic carbocycles. The van der Waals surface area contributed by atoms with Gasteiger partial charge in [-0.05, 0) is 38.8 Å². The number of carbonyl (C=O) groups excluding carboxylic acids is 10. The lowest BCUT2D eigenvalue weighted by atomic mass is 10.0. The van der Waals surface area contributed by atoms with Gasteiger partial charge in [-0.25, -0.2) is 24.9 Å². The van der Waals surface area contributed by atoms with Crippen LogP contribution in [0.15, 0.2) is 118 Å². The average molecular weight is 1130 g/mol. The number of aliphatic hydroxyl groups excluding tert-OH is 1. The van der Waals surface area contributed by atoms with E-state index < -0.39 is 106 Å². The summed E-state index contributed by atoms with van der Waals surface area (Å²) >= 11 is 1.25. The zero-order valence-electron chi connectivity index (χ0n) is 44.1. The highest BCUT2D eigenvalue weighted by molar-refractivity contribution is 7.13. The van der Waals surface area contributed by atoms with Crippen LogP contribution >= 0.6 is 11.3 Å². The molecule has 5 aromatic rings. The Morgan fingerprint density at radius 2 is 1.25 bits per heavy atom. The normalized spacial score (nSPS) is 12.0. The minimum atomic E-state index is -1.32. The molecule has 5 rings (SSSR count). The van der Waals surface area contributed by atoms with Crippen LogP contribution in [0.5, 0.6) is 0 Å². The minimum Gasteiger partial charge on any atom is -0.443 e. The van der Waals surface area contributed by atoms with E-state index in [0.29, 0.717) is 10.6 Å². The highest BCUT2D eigenvalue weighted by atomic mass is 32.1. The Labute approximate surface area is 463 Å². The zero-order chi connectivity index (χ0) is 60.2. The number of rotatable bonds is 25. The smallest absolute Gasteiger partial charge is 0.278 e. The van der Waals surface area contributed by atoms with Gasteiger partial charge in [-0.1, -0.05) is 59.4 Å². The molecule has 0 spiro atoms. The predicted molar refractivity (Wildman–Crippen MR) is 287 cm³/mol. The van der Waals surface area contributed by atoms with Crippen LogP contribution < -0.4 is 53.6 Å². The highest BCUT2D eigenvalue weighted by Gasteiger charge is 2.31. The van der Waals surface area contributed by atoms with Crippen molar-refractivity contribution in [3.63, 3.8) is 0 Å². The Morgan fingerprint density at radius 3 is 1.84 bits per heavy atom. The molecule has 0 saturated heterocycles. The molecule has 29 nitrogen and oxygen atoms in total. The van der Waals surface area contributed by atoms with Crippen molar-refractivity contribution >= 4 is 87.5 Å². The summed E-state index contributed by atoms with van der Waals surface area (Å²) in [5.41, 5.74) is 2.40. The van der Waals surface area contributed by atoms with E-state index in [1.165, 1.54) is 63.4 Å². The van der Waals surface area contributed by atoms with Gasteiger partial charge in [0.1, 0.15) is 52.5 Å². The van der Waals surface area contributed by atoms with Crippen molar-refractivity contribution in [2.75, 3.05) is 0 Å².